The first-order chi connectivity index (χ1) is 10.0. The van der Waals surface area contributed by atoms with Crippen molar-refractivity contribution < 1.29 is 24.2 Å². The molecule has 1 fully saturated rings. The Kier molecular flexibility index (Phi) is 7.52. The molecule has 0 aliphatic heterocycles. The molecule has 120 valence electrons. The maximum absolute atomic E-state index is 11.9. The topological polar surface area (TPSA) is 108 Å². The average molecular weight is 301 g/mol. The number of carboxylic acid groups (broad SMARTS) is 1. The van der Waals surface area contributed by atoms with Crippen molar-refractivity contribution >= 4 is 17.9 Å². The van der Waals surface area contributed by atoms with Gasteiger partial charge in [0.25, 0.3) is 0 Å². The van der Waals surface area contributed by atoms with Crippen LogP contribution in [0.25, 0.3) is 0 Å². The number of methoxy groups -OCH3 is 1. The van der Waals surface area contributed by atoms with Crippen LogP contribution >= 0.6 is 0 Å². The molecule has 8 heteroatoms. The van der Waals surface area contributed by atoms with E-state index in [0.29, 0.717) is 13.2 Å². The minimum Gasteiger partial charge on any atom is -0.481 e. The zero-order valence-electron chi connectivity index (χ0n) is 12.3. The van der Waals surface area contributed by atoms with Gasteiger partial charge in [-0.15, -0.1) is 0 Å². The molecular formula is C13H23N3O5. The third-order valence-corrected chi connectivity index (χ3v) is 3.07. The smallest absolute Gasteiger partial charge is 0.317 e. The highest BCUT2D eigenvalue weighted by atomic mass is 16.5. The Hall–Kier alpha value is -1.83. The van der Waals surface area contributed by atoms with Crippen LogP contribution in [-0.2, 0) is 14.3 Å². The Bertz CT molecular complexity index is 371. The van der Waals surface area contributed by atoms with Crippen LogP contribution in [0.2, 0.25) is 0 Å². The van der Waals surface area contributed by atoms with Crippen LogP contribution in [0.3, 0.4) is 0 Å². The summed E-state index contributed by atoms with van der Waals surface area (Å²) in [7, 11) is 1.55. The van der Waals surface area contributed by atoms with Gasteiger partial charge in [-0.25, -0.2) is 4.79 Å². The number of amides is 3. The Morgan fingerprint density at radius 3 is 2.48 bits per heavy atom. The Balaban J connectivity index is 2.21. The lowest BCUT2D eigenvalue weighted by Gasteiger charge is -2.22. The molecule has 0 aromatic rings. The molecule has 0 atom stereocenters. The van der Waals surface area contributed by atoms with Crippen LogP contribution in [0.1, 0.15) is 25.7 Å². The molecule has 0 aromatic heterocycles. The molecule has 1 rings (SSSR count). The molecular weight excluding hydrogens is 278 g/mol. The van der Waals surface area contributed by atoms with Crippen molar-refractivity contribution in [1.29, 1.82) is 0 Å². The van der Waals surface area contributed by atoms with Crippen molar-refractivity contribution in [2.24, 2.45) is 0 Å². The largest absolute Gasteiger partial charge is 0.481 e. The van der Waals surface area contributed by atoms with Gasteiger partial charge in [0.1, 0.15) is 0 Å². The molecule has 0 bridgehead atoms. The fourth-order valence-corrected chi connectivity index (χ4v) is 1.82. The van der Waals surface area contributed by atoms with Crippen LogP contribution < -0.4 is 10.6 Å². The highest BCUT2D eigenvalue weighted by molar-refractivity contribution is 5.78. The van der Waals surface area contributed by atoms with Crippen LogP contribution in [0.4, 0.5) is 4.79 Å². The van der Waals surface area contributed by atoms with Crippen molar-refractivity contribution in [3.8, 4) is 0 Å². The summed E-state index contributed by atoms with van der Waals surface area (Å²) in [4.78, 5) is 35.5. The Morgan fingerprint density at radius 2 is 1.90 bits per heavy atom. The van der Waals surface area contributed by atoms with Gasteiger partial charge >= 0.3 is 12.0 Å². The second-order valence-corrected chi connectivity index (χ2v) is 4.89. The number of carboxylic acids is 1. The van der Waals surface area contributed by atoms with Crippen LogP contribution in [0.5, 0.6) is 0 Å². The highest BCUT2D eigenvalue weighted by Crippen LogP contribution is 2.26. The minimum atomic E-state index is -0.925. The quantitative estimate of drug-likeness (QED) is 0.484. The monoisotopic (exact) mass is 301 g/mol. The molecule has 0 saturated heterocycles. The van der Waals surface area contributed by atoms with Crippen molar-refractivity contribution in [1.82, 2.24) is 15.5 Å². The highest BCUT2D eigenvalue weighted by Gasteiger charge is 2.32. The van der Waals surface area contributed by atoms with Gasteiger partial charge in [0.2, 0.25) is 5.91 Å². The van der Waals surface area contributed by atoms with Gasteiger partial charge in [0, 0.05) is 39.2 Å². The van der Waals surface area contributed by atoms with E-state index in [9.17, 15) is 14.4 Å². The molecule has 0 aromatic carbocycles. The van der Waals surface area contributed by atoms with Gasteiger partial charge in [-0.2, -0.15) is 0 Å². The van der Waals surface area contributed by atoms with E-state index in [0.717, 1.165) is 12.8 Å². The summed E-state index contributed by atoms with van der Waals surface area (Å²) in [5.74, 6) is -1.08. The molecule has 0 unspecified atom stereocenters. The van der Waals surface area contributed by atoms with E-state index in [1.54, 1.807) is 7.11 Å². The molecule has 1 aliphatic rings. The lowest BCUT2D eigenvalue weighted by molar-refractivity contribution is -0.137. The predicted molar refractivity (Wildman–Crippen MR) is 74.9 cm³/mol. The van der Waals surface area contributed by atoms with Crippen molar-refractivity contribution in [3.63, 3.8) is 0 Å². The van der Waals surface area contributed by atoms with Gasteiger partial charge in [0.15, 0.2) is 0 Å². The number of hydrogen-bond donors (Lipinski definition) is 3. The lowest BCUT2D eigenvalue weighted by Crippen LogP contribution is -2.43. The number of carbonyl (C=O) groups excluding carboxylic acids is 2. The molecule has 1 aliphatic carbocycles. The number of nitrogens with one attached hydrogen (secondary N) is 2. The SMILES string of the molecule is COCCNC(=O)CCNC(=O)N(CCC(=O)O)C1CC1. The molecule has 0 heterocycles. The van der Waals surface area contributed by atoms with Crippen LogP contribution in [0, 0.1) is 0 Å². The van der Waals surface area contributed by atoms with E-state index < -0.39 is 5.97 Å². The predicted octanol–water partition coefficient (Wildman–Crippen LogP) is -0.212. The fourth-order valence-electron chi connectivity index (χ4n) is 1.82. The van der Waals surface area contributed by atoms with Gasteiger partial charge in [-0.3, -0.25) is 9.59 Å². The minimum absolute atomic E-state index is 0.0680. The van der Waals surface area contributed by atoms with E-state index in [-0.39, 0.29) is 43.9 Å². The zero-order chi connectivity index (χ0) is 15.7. The van der Waals surface area contributed by atoms with Gasteiger partial charge in [-0.05, 0) is 12.8 Å². The van der Waals surface area contributed by atoms with Crippen molar-refractivity contribution in [2.45, 2.75) is 31.7 Å². The average Bonchev–Trinajstić information content (AvgIpc) is 3.23. The van der Waals surface area contributed by atoms with Crippen LogP contribution in [-0.4, -0.2) is 67.3 Å². The van der Waals surface area contributed by atoms with Crippen molar-refractivity contribution in [2.75, 3.05) is 33.4 Å². The fraction of sp³-hybridized carbons (Fsp3) is 0.769. The lowest BCUT2D eigenvalue weighted by atomic mass is 10.3. The molecule has 0 radical (unpaired) electrons. The number of carbonyl (C=O) groups is 3. The molecule has 21 heavy (non-hydrogen) atoms. The Morgan fingerprint density at radius 1 is 1.19 bits per heavy atom. The summed E-state index contributed by atoms with van der Waals surface area (Å²) in [6, 6.07) is -0.164. The first kappa shape index (κ1) is 17.2. The summed E-state index contributed by atoms with van der Waals surface area (Å²) in [5, 5.41) is 14.0. The maximum atomic E-state index is 11.9. The summed E-state index contributed by atoms with van der Waals surface area (Å²) in [5.41, 5.74) is 0. The third-order valence-electron chi connectivity index (χ3n) is 3.07. The number of hydrogen-bond acceptors (Lipinski definition) is 4. The molecule has 3 amide bonds. The number of rotatable bonds is 10. The zero-order valence-corrected chi connectivity index (χ0v) is 12.3. The van der Waals surface area contributed by atoms with Gasteiger partial charge in [-0.1, -0.05) is 0 Å². The van der Waals surface area contributed by atoms with E-state index in [4.69, 9.17) is 9.84 Å². The summed E-state index contributed by atoms with van der Waals surface area (Å²) < 4.78 is 4.81. The molecule has 1 saturated carbocycles. The Labute approximate surface area is 123 Å². The van der Waals surface area contributed by atoms with E-state index in [2.05, 4.69) is 10.6 Å². The van der Waals surface area contributed by atoms with E-state index >= 15 is 0 Å². The second-order valence-electron chi connectivity index (χ2n) is 4.89. The van der Waals surface area contributed by atoms with Gasteiger partial charge in [0.05, 0.1) is 13.0 Å². The first-order valence-electron chi connectivity index (χ1n) is 7.06. The molecule has 3 N–H and O–H groups in total. The summed E-state index contributed by atoms with van der Waals surface area (Å²) in [6.45, 7) is 1.32. The third kappa shape index (κ3) is 7.50. The number of urea groups is 1. The van der Waals surface area contributed by atoms with E-state index in [1.165, 1.54) is 4.90 Å². The van der Waals surface area contributed by atoms with Gasteiger partial charge < -0.3 is 25.4 Å². The molecule has 8 nitrogen and oxygen atoms in total. The normalized spacial score (nSPS) is 13.6. The summed E-state index contributed by atoms with van der Waals surface area (Å²) in [6.07, 6.45) is 1.93. The maximum Gasteiger partial charge on any atom is 0.317 e. The molecule has 0 spiro atoms. The standard InChI is InChI=1S/C13H23N3O5/c1-21-9-7-14-11(17)4-6-15-13(20)16(10-2-3-10)8-5-12(18)19/h10H,2-9H2,1H3,(H,14,17)(H,15,20)(H,18,19). The van der Waals surface area contributed by atoms with Crippen molar-refractivity contribution in [3.05, 3.63) is 0 Å². The first-order valence-corrected chi connectivity index (χ1v) is 7.06. The van der Waals surface area contributed by atoms with Crippen LogP contribution in [0.15, 0.2) is 0 Å². The number of nitrogens with zero attached hydrogens (tertiary/aromatic N) is 1. The number of ether oxygens (including phenoxy) is 1. The second kappa shape index (κ2) is 9.17. The number of aliphatic carboxylic acids is 1. The summed E-state index contributed by atoms with van der Waals surface area (Å²) >= 11 is 0. The van der Waals surface area contributed by atoms with E-state index in [1.807, 2.05) is 0 Å².